The van der Waals surface area contributed by atoms with Gasteiger partial charge in [0.05, 0.1) is 8.95 Å². The summed E-state index contributed by atoms with van der Waals surface area (Å²) in [5, 5.41) is 4.14. The zero-order chi connectivity index (χ0) is 10.8. The van der Waals surface area contributed by atoms with Crippen LogP contribution < -0.4 is 4.74 Å². The number of nitrogens with zero attached hydrogens (tertiary/aromatic N) is 2. The predicted octanol–water partition coefficient (Wildman–Crippen LogP) is 3.74. The van der Waals surface area contributed by atoms with Crippen LogP contribution in [0.2, 0.25) is 0 Å². The molecule has 0 amide bonds. The van der Waals surface area contributed by atoms with Crippen molar-refractivity contribution in [2.75, 3.05) is 0 Å². The van der Waals surface area contributed by atoms with Crippen molar-refractivity contribution in [1.82, 2.24) is 9.78 Å². The van der Waals surface area contributed by atoms with Crippen LogP contribution in [0.4, 0.5) is 0 Å². The molecule has 5 heteroatoms. The Balaban J connectivity index is 2.31. The van der Waals surface area contributed by atoms with Crippen molar-refractivity contribution < 1.29 is 4.74 Å². The summed E-state index contributed by atoms with van der Waals surface area (Å²) in [5.41, 5.74) is 0. The third-order valence-corrected chi connectivity index (χ3v) is 3.06. The van der Waals surface area contributed by atoms with Crippen LogP contribution in [0.25, 0.3) is 0 Å². The van der Waals surface area contributed by atoms with Gasteiger partial charge in [-0.15, -0.1) is 5.10 Å². The van der Waals surface area contributed by atoms with Crippen LogP contribution in [-0.4, -0.2) is 9.78 Å². The van der Waals surface area contributed by atoms with Crippen LogP contribution in [-0.2, 0) is 7.05 Å². The fourth-order valence-corrected chi connectivity index (χ4v) is 2.29. The van der Waals surface area contributed by atoms with Crippen LogP contribution in [0, 0.1) is 0 Å². The molecule has 1 aromatic carbocycles. The average Bonchev–Trinajstić information content (AvgIpc) is 2.58. The van der Waals surface area contributed by atoms with Crippen molar-refractivity contribution in [2.45, 2.75) is 0 Å². The fourth-order valence-electron chi connectivity index (χ4n) is 1.13. The van der Waals surface area contributed by atoms with Gasteiger partial charge in [-0.3, -0.25) is 4.68 Å². The van der Waals surface area contributed by atoms with Crippen molar-refractivity contribution in [3.63, 3.8) is 0 Å². The zero-order valence-corrected chi connectivity index (χ0v) is 11.1. The highest BCUT2D eigenvalue weighted by atomic mass is 79.9. The number of aromatic nitrogens is 2. The van der Waals surface area contributed by atoms with Gasteiger partial charge in [-0.1, -0.05) is 6.07 Å². The molecular weight excluding hydrogens is 324 g/mol. The lowest BCUT2D eigenvalue weighted by Crippen LogP contribution is -1.90. The molecule has 0 aliphatic rings. The van der Waals surface area contributed by atoms with E-state index in [1.165, 1.54) is 0 Å². The third kappa shape index (κ3) is 2.41. The lowest BCUT2D eigenvalue weighted by molar-refractivity contribution is 0.449. The Kier molecular flexibility index (Phi) is 3.11. The van der Waals surface area contributed by atoms with Crippen LogP contribution >= 0.6 is 31.9 Å². The second kappa shape index (κ2) is 4.37. The van der Waals surface area contributed by atoms with E-state index in [4.69, 9.17) is 4.74 Å². The van der Waals surface area contributed by atoms with Crippen LogP contribution in [0.3, 0.4) is 0 Å². The lowest BCUT2D eigenvalue weighted by atomic mass is 10.3. The first-order chi connectivity index (χ1) is 7.16. The van der Waals surface area contributed by atoms with Crippen LogP contribution in [0.1, 0.15) is 0 Å². The van der Waals surface area contributed by atoms with Crippen molar-refractivity contribution in [3.8, 4) is 11.6 Å². The largest absolute Gasteiger partial charge is 0.435 e. The molecule has 0 radical (unpaired) electrons. The van der Waals surface area contributed by atoms with E-state index < -0.39 is 0 Å². The number of ether oxygens (including phenoxy) is 1. The molecular formula is C10H8Br2N2O. The van der Waals surface area contributed by atoms with Crippen molar-refractivity contribution in [2.24, 2.45) is 7.05 Å². The first-order valence-corrected chi connectivity index (χ1v) is 5.87. The summed E-state index contributed by atoms with van der Waals surface area (Å²) in [6.45, 7) is 0. The predicted molar refractivity (Wildman–Crippen MR) is 65.1 cm³/mol. The summed E-state index contributed by atoms with van der Waals surface area (Å²) in [6.07, 6.45) is 1.83. The van der Waals surface area contributed by atoms with Crippen molar-refractivity contribution in [3.05, 3.63) is 39.4 Å². The molecule has 0 aliphatic carbocycles. The molecule has 0 fully saturated rings. The second-order valence-electron chi connectivity index (χ2n) is 2.98. The Morgan fingerprint density at radius 3 is 2.40 bits per heavy atom. The molecule has 0 spiro atoms. The molecule has 1 aromatic heterocycles. The van der Waals surface area contributed by atoms with Gasteiger partial charge in [0.2, 0.25) is 5.88 Å². The molecule has 0 aliphatic heterocycles. The molecule has 0 saturated heterocycles. The van der Waals surface area contributed by atoms with E-state index in [0.29, 0.717) is 5.88 Å². The van der Waals surface area contributed by atoms with Gasteiger partial charge >= 0.3 is 0 Å². The number of hydrogen-bond acceptors (Lipinski definition) is 2. The maximum absolute atomic E-state index is 5.64. The normalized spacial score (nSPS) is 10.3. The summed E-state index contributed by atoms with van der Waals surface area (Å²) < 4.78 is 9.11. The van der Waals surface area contributed by atoms with Gasteiger partial charge in [0.15, 0.2) is 5.75 Å². The monoisotopic (exact) mass is 330 g/mol. The van der Waals surface area contributed by atoms with E-state index >= 15 is 0 Å². The highest BCUT2D eigenvalue weighted by Crippen LogP contribution is 2.35. The number of halogens is 2. The molecule has 0 atom stereocenters. The first kappa shape index (κ1) is 10.7. The summed E-state index contributed by atoms with van der Waals surface area (Å²) >= 11 is 6.84. The average molecular weight is 332 g/mol. The minimum Gasteiger partial charge on any atom is -0.435 e. The Hall–Kier alpha value is -0.810. The summed E-state index contributed by atoms with van der Waals surface area (Å²) in [5.74, 6) is 1.31. The molecule has 3 nitrogen and oxygen atoms in total. The van der Waals surface area contributed by atoms with Gasteiger partial charge < -0.3 is 4.74 Å². The molecule has 2 rings (SSSR count). The SMILES string of the molecule is Cn1ccc(Oc2c(Br)cccc2Br)n1. The van der Waals surface area contributed by atoms with E-state index in [0.717, 1.165) is 14.7 Å². The van der Waals surface area contributed by atoms with Crippen LogP contribution in [0.5, 0.6) is 11.6 Å². The van der Waals surface area contributed by atoms with E-state index in [-0.39, 0.29) is 0 Å². The third-order valence-electron chi connectivity index (χ3n) is 1.81. The summed E-state index contributed by atoms with van der Waals surface area (Å²) in [7, 11) is 1.85. The standard InChI is InChI=1S/C10H8Br2N2O/c1-14-6-5-9(13-14)15-10-7(11)3-2-4-8(10)12/h2-6H,1H3. The first-order valence-electron chi connectivity index (χ1n) is 4.28. The van der Waals surface area contributed by atoms with Crippen molar-refractivity contribution in [1.29, 1.82) is 0 Å². The van der Waals surface area contributed by atoms with E-state index in [1.54, 1.807) is 4.68 Å². The zero-order valence-electron chi connectivity index (χ0n) is 7.95. The molecule has 1 heterocycles. The minimum absolute atomic E-state index is 0.574. The smallest absolute Gasteiger partial charge is 0.238 e. The number of aryl methyl sites for hydroxylation is 1. The van der Waals surface area contributed by atoms with Gasteiger partial charge in [0.1, 0.15) is 0 Å². The van der Waals surface area contributed by atoms with Gasteiger partial charge in [0, 0.05) is 19.3 Å². The number of para-hydroxylation sites is 1. The summed E-state index contributed by atoms with van der Waals surface area (Å²) in [4.78, 5) is 0. The number of benzene rings is 1. The highest BCUT2D eigenvalue weighted by molar-refractivity contribution is 9.11. The van der Waals surface area contributed by atoms with E-state index in [9.17, 15) is 0 Å². The Labute approximate surface area is 104 Å². The molecule has 15 heavy (non-hydrogen) atoms. The number of hydrogen-bond donors (Lipinski definition) is 0. The van der Waals surface area contributed by atoms with Gasteiger partial charge in [-0.05, 0) is 44.0 Å². The highest BCUT2D eigenvalue weighted by Gasteiger charge is 2.08. The van der Waals surface area contributed by atoms with E-state index in [1.807, 2.05) is 37.5 Å². The minimum atomic E-state index is 0.574. The maximum atomic E-state index is 5.64. The quantitative estimate of drug-likeness (QED) is 0.838. The Bertz CT molecular complexity index is 462. The van der Waals surface area contributed by atoms with E-state index in [2.05, 4.69) is 37.0 Å². The second-order valence-corrected chi connectivity index (χ2v) is 4.69. The topological polar surface area (TPSA) is 27.1 Å². The van der Waals surface area contributed by atoms with Crippen LogP contribution in [0.15, 0.2) is 39.4 Å². The maximum Gasteiger partial charge on any atom is 0.238 e. The van der Waals surface area contributed by atoms with Gasteiger partial charge in [-0.25, -0.2) is 0 Å². The van der Waals surface area contributed by atoms with Crippen molar-refractivity contribution >= 4 is 31.9 Å². The lowest BCUT2D eigenvalue weighted by Gasteiger charge is -2.06. The molecule has 0 bridgehead atoms. The molecule has 2 aromatic rings. The molecule has 0 N–H and O–H groups in total. The number of rotatable bonds is 2. The summed E-state index contributed by atoms with van der Waals surface area (Å²) in [6, 6.07) is 7.58. The Morgan fingerprint density at radius 2 is 1.87 bits per heavy atom. The molecule has 0 saturated carbocycles. The molecule has 0 unspecified atom stereocenters. The Morgan fingerprint density at radius 1 is 1.20 bits per heavy atom. The van der Waals surface area contributed by atoms with Gasteiger partial charge in [-0.2, -0.15) is 0 Å². The fraction of sp³-hybridized carbons (Fsp3) is 0.100. The van der Waals surface area contributed by atoms with Gasteiger partial charge in [0.25, 0.3) is 0 Å². The molecule has 78 valence electrons.